The molecule has 1 aliphatic carbocycles. The summed E-state index contributed by atoms with van der Waals surface area (Å²) >= 11 is 0. The van der Waals surface area contributed by atoms with E-state index in [-0.39, 0.29) is 20.1 Å². The van der Waals surface area contributed by atoms with Crippen molar-refractivity contribution < 1.29 is 20.1 Å². The molecule has 245 valence electrons. The zero-order chi connectivity index (χ0) is 32.6. The Hall–Kier alpha value is -3.95. The van der Waals surface area contributed by atoms with Crippen LogP contribution >= 0.6 is 0 Å². The fourth-order valence-corrected chi connectivity index (χ4v) is 8.29. The summed E-state index contributed by atoms with van der Waals surface area (Å²) < 4.78 is 0. The van der Waals surface area contributed by atoms with Gasteiger partial charge in [0.15, 0.2) is 0 Å². The summed E-state index contributed by atoms with van der Waals surface area (Å²) in [6, 6.07) is 48.3. The van der Waals surface area contributed by atoms with Crippen LogP contribution in [0.4, 0.5) is 0 Å². The largest absolute Gasteiger partial charge is 0.305 e. The van der Waals surface area contributed by atoms with Gasteiger partial charge in [0.1, 0.15) is 0 Å². The number of benzene rings is 4. The van der Waals surface area contributed by atoms with Crippen molar-refractivity contribution in [2.24, 2.45) is 5.92 Å². The predicted molar refractivity (Wildman–Crippen MR) is 201 cm³/mol. The van der Waals surface area contributed by atoms with Gasteiger partial charge in [-0.1, -0.05) is 129 Å². The quantitative estimate of drug-likeness (QED) is 0.118. The molecule has 0 saturated heterocycles. The van der Waals surface area contributed by atoms with Crippen molar-refractivity contribution in [1.29, 1.82) is 0 Å². The van der Waals surface area contributed by atoms with E-state index < -0.39 is 8.07 Å². The van der Waals surface area contributed by atoms with Gasteiger partial charge in [-0.25, -0.2) is 0 Å². The van der Waals surface area contributed by atoms with Crippen molar-refractivity contribution in [2.45, 2.75) is 58.2 Å². The maximum Gasteiger partial charge on any atom is 0.0799 e. The molecule has 7 rings (SSSR count). The Morgan fingerprint density at radius 2 is 1.27 bits per heavy atom. The molecule has 0 bridgehead atoms. The second-order valence-corrected chi connectivity index (χ2v) is 18.7. The molecule has 0 amide bonds. The van der Waals surface area contributed by atoms with Gasteiger partial charge >= 0.3 is 0 Å². The number of rotatable bonds is 7. The minimum atomic E-state index is -1.39. The number of nitrogens with zero attached hydrogens (tertiary/aromatic N) is 2. The van der Waals surface area contributed by atoms with Gasteiger partial charge in [-0.2, -0.15) is 0 Å². The molecular formula is C44H44IrN2Si-2. The van der Waals surface area contributed by atoms with Crippen LogP contribution in [0.1, 0.15) is 44.1 Å². The summed E-state index contributed by atoms with van der Waals surface area (Å²) in [6.45, 7) is 9.74. The molecule has 1 unspecified atom stereocenters. The first-order valence-electron chi connectivity index (χ1n) is 16.9. The van der Waals surface area contributed by atoms with Gasteiger partial charge < -0.3 is 9.97 Å². The van der Waals surface area contributed by atoms with E-state index in [2.05, 4.69) is 123 Å². The topological polar surface area (TPSA) is 25.8 Å². The molecule has 2 nitrogen and oxygen atoms in total. The molecule has 1 atom stereocenters. The van der Waals surface area contributed by atoms with E-state index in [0.717, 1.165) is 28.4 Å². The Balaban J connectivity index is 0.000000184. The first kappa shape index (κ1) is 35.4. The fourth-order valence-electron chi connectivity index (χ4n) is 6.67. The Kier molecular flexibility index (Phi) is 12.1. The molecule has 4 aromatic carbocycles. The van der Waals surface area contributed by atoms with Gasteiger partial charge in [0.05, 0.1) is 8.07 Å². The third-order valence-electron chi connectivity index (χ3n) is 9.39. The van der Waals surface area contributed by atoms with Crippen LogP contribution in [0.25, 0.3) is 44.8 Å². The van der Waals surface area contributed by atoms with Crippen molar-refractivity contribution in [2.75, 3.05) is 0 Å². The molecule has 0 spiro atoms. The molecule has 0 N–H and O–H groups in total. The van der Waals surface area contributed by atoms with Crippen LogP contribution in [0.3, 0.4) is 0 Å². The molecule has 6 aromatic rings. The van der Waals surface area contributed by atoms with Crippen LogP contribution in [0.2, 0.25) is 19.6 Å². The standard InChI is InChI=1S/C23H16N.C21H28NSi.Ir/c1-3-7-18(8-4-1)20-11-13-21(14-12-20)23-17-22(15-16-24-23)19-9-5-2-6-10-19;1-16(17-10-8-9-11-17)19-14-20(18-12-6-5-7-13-18)22-15-21(19)23(2,3)4;/h1-13,15-17H;5-7,12,14-17H,8-11H2,1-4H3;/q2*-1;. The maximum atomic E-state index is 4.79. The SMILES string of the molecule is CC(c1cc(-c2[c-]cccc2)ncc1[Si](C)(C)C)C1CCCC1.[Ir].[c-]1cc(-c2ccccc2)ccc1-c1cc(-c2ccccc2)ccn1. The Morgan fingerprint density at radius 1 is 0.646 bits per heavy atom. The van der Waals surface area contributed by atoms with Crippen molar-refractivity contribution in [3.05, 3.63) is 151 Å². The minimum Gasteiger partial charge on any atom is -0.305 e. The average Bonchev–Trinajstić information content (AvgIpc) is 3.68. The van der Waals surface area contributed by atoms with Crippen LogP contribution in [-0.4, -0.2) is 18.0 Å². The fraction of sp³-hybridized carbons (Fsp3) is 0.227. The van der Waals surface area contributed by atoms with E-state index in [1.54, 1.807) is 5.56 Å². The first-order valence-corrected chi connectivity index (χ1v) is 20.4. The molecule has 2 aromatic heterocycles. The molecule has 1 saturated carbocycles. The second-order valence-electron chi connectivity index (χ2n) is 13.7. The van der Waals surface area contributed by atoms with Gasteiger partial charge in [0.25, 0.3) is 0 Å². The molecule has 1 aliphatic rings. The first-order chi connectivity index (χ1) is 22.9. The molecule has 4 heteroatoms. The number of aromatic nitrogens is 2. The molecule has 0 aliphatic heterocycles. The average molecular weight is 821 g/mol. The second kappa shape index (κ2) is 16.4. The van der Waals surface area contributed by atoms with E-state index in [9.17, 15) is 0 Å². The number of hydrogen-bond acceptors (Lipinski definition) is 2. The summed E-state index contributed by atoms with van der Waals surface area (Å²) in [4.78, 5) is 9.29. The molecule has 1 fully saturated rings. The van der Waals surface area contributed by atoms with Crippen molar-refractivity contribution >= 4 is 13.3 Å². The Labute approximate surface area is 302 Å². The van der Waals surface area contributed by atoms with E-state index >= 15 is 0 Å². The van der Waals surface area contributed by atoms with Gasteiger partial charge in [-0.3, -0.25) is 0 Å². The minimum absolute atomic E-state index is 0. The van der Waals surface area contributed by atoms with Crippen LogP contribution in [0, 0.1) is 18.1 Å². The zero-order valence-electron chi connectivity index (χ0n) is 28.4. The summed E-state index contributed by atoms with van der Waals surface area (Å²) in [5, 5.41) is 1.54. The smallest absolute Gasteiger partial charge is 0.0799 e. The Bertz CT molecular complexity index is 1860. The van der Waals surface area contributed by atoms with Crippen LogP contribution in [-0.2, 0) is 20.1 Å². The van der Waals surface area contributed by atoms with Crippen LogP contribution in [0.15, 0.2) is 134 Å². The van der Waals surface area contributed by atoms with Crippen molar-refractivity contribution in [1.82, 2.24) is 9.97 Å². The normalized spacial score (nSPS) is 13.6. The van der Waals surface area contributed by atoms with E-state index in [0.29, 0.717) is 5.92 Å². The zero-order valence-corrected chi connectivity index (χ0v) is 31.8. The van der Waals surface area contributed by atoms with Crippen LogP contribution in [0.5, 0.6) is 0 Å². The third-order valence-corrected chi connectivity index (χ3v) is 11.4. The van der Waals surface area contributed by atoms with Gasteiger partial charge in [0.2, 0.25) is 0 Å². The van der Waals surface area contributed by atoms with Crippen molar-refractivity contribution in [3.63, 3.8) is 0 Å². The third kappa shape index (κ3) is 8.74. The van der Waals surface area contributed by atoms with E-state index in [4.69, 9.17) is 4.98 Å². The van der Waals surface area contributed by atoms with Gasteiger partial charge in [0, 0.05) is 32.5 Å². The number of hydrogen-bond donors (Lipinski definition) is 0. The van der Waals surface area contributed by atoms with Gasteiger partial charge in [-0.05, 0) is 58.4 Å². The summed E-state index contributed by atoms with van der Waals surface area (Å²) in [5.74, 6) is 1.49. The summed E-state index contributed by atoms with van der Waals surface area (Å²) in [6.07, 6.45) is 9.62. The summed E-state index contributed by atoms with van der Waals surface area (Å²) in [5.41, 5.74) is 10.4. The van der Waals surface area contributed by atoms with Crippen molar-refractivity contribution in [3.8, 4) is 44.8 Å². The monoisotopic (exact) mass is 821 g/mol. The molecular weight excluding hydrogens is 777 g/mol. The maximum absolute atomic E-state index is 4.79. The molecule has 48 heavy (non-hydrogen) atoms. The van der Waals surface area contributed by atoms with Gasteiger partial charge in [-0.15, -0.1) is 65.7 Å². The summed E-state index contributed by atoms with van der Waals surface area (Å²) in [7, 11) is -1.39. The molecule has 1 radical (unpaired) electrons. The predicted octanol–water partition coefficient (Wildman–Crippen LogP) is 11.3. The van der Waals surface area contributed by atoms with E-state index in [1.165, 1.54) is 53.1 Å². The number of pyridine rings is 2. The van der Waals surface area contributed by atoms with E-state index in [1.807, 2.05) is 54.7 Å². The Morgan fingerprint density at radius 3 is 1.88 bits per heavy atom. The molecule has 2 heterocycles. The van der Waals surface area contributed by atoms with Crippen LogP contribution < -0.4 is 5.19 Å².